The highest BCUT2D eigenvalue weighted by molar-refractivity contribution is 9.10. The van der Waals surface area contributed by atoms with E-state index in [-0.39, 0.29) is 11.4 Å². The Kier molecular flexibility index (Phi) is 4.54. The van der Waals surface area contributed by atoms with Crippen molar-refractivity contribution in [3.8, 4) is 0 Å². The van der Waals surface area contributed by atoms with E-state index in [2.05, 4.69) is 50.3 Å². The standard InChI is InChI=1S/C13H19BrN4O/c1-13(2)9-15-5-6-18(13)8-12(19)17-11-4-3-10(14)7-16-11/h3-4,7,15H,5-6,8-9H2,1-2H3,(H,16,17,19). The Hall–Kier alpha value is -0.980. The van der Waals surface area contributed by atoms with Crippen molar-refractivity contribution in [1.82, 2.24) is 15.2 Å². The van der Waals surface area contributed by atoms with E-state index in [0.29, 0.717) is 12.4 Å². The quantitative estimate of drug-likeness (QED) is 0.883. The summed E-state index contributed by atoms with van der Waals surface area (Å²) >= 11 is 3.32. The minimum atomic E-state index is -0.0233. The van der Waals surface area contributed by atoms with Crippen LogP contribution in [-0.4, -0.2) is 47.5 Å². The number of halogens is 1. The lowest BCUT2D eigenvalue weighted by Crippen LogP contribution is -2.59. The van der Waals surface area contributed by atoms with Crippen molar-refractivity contribution in [2.45, 2.75) is 19.4 Å². The van der Waals surface area contributed by atoms with Gasteiger partial charge in [-0.1, -0.05) is 0 Å². The second kappa shape index (κ2) is 5.98. The molecule has 1 aliphatic rings. The number of amides is 1. The number of rotatable bonds is 3. The third-order valence-corrected chi connectivity index (χ3v) is 3.77. The zero-order valence-electron chi connectivity index (χ0n) is 11.2. The third kappa shape index (κ3) is 3.99. The maximum absolute atomic E-state index is 12.0. The highest BCUT2D eigenvalue weighted by Gasteiger charge is 2.30. The number of nitrogens with zero attached hydrogens (tertiary/aromatic N) is 2. The highest BCUT2D eigenvalue weighted by atomic mass is 79.9. The molecule has 1 aromatic rings. The van der Waals surface area contributed by atoms with Crippen LogP contribution in [0.2, 0.25) is 0 Å². The summed E-state index contributed by atoms with van der Waals surface area (Å²) in [6.07, 6.45) is 1.67. The van der Waals surface area contributed by atoms with Gasteiger partial charge in [0.2, 0.25) is 5.91 Å². The van der Waals surface area contributed by atoms with Gasteiger partial charge in [-0.2, -0.15) is 0 Å². The van der Waals surface area contributed by atoms with Gasteiger partial charge in [0.05, 0.1) is 6.54 Å². The largest absolute Gasteiger partial charge is 0.314 e. The van der Waals surface area contributed by atoms with Gasteiger partial charge in [-0.25, -0.2) is 4.98 Å². The van der Waals surface area contributed by atoms with Crippen LogP contribution in [0.3, 0.4) is 0 Å². The van der Waals surface area contributed by atoms with Crippen molar-refractivity contribution in [1.29, 1.82) is 0 Å². The van der Waals surface area contributed by atoms with Gasteiger partial charge < -0.3 is 10.6 Å². The predicted octanol–water partition coefficient (Wildman–Crippen LogP) is 1.47. The molecule has 0 unspecified atom stereocenters. The minimum Gasteiger partial charge on any atom is -0.314 e. The number of pyridine rings is 1. The van der Waals surface area contributed by atoms with E-state index in [9.17, 15) is 4.79 Å². The van der Waals surface area contributed by atoms with Gasteiger partial charge in [0.25, 0.3) is 0 Å². The Bertz CT molecular complexity index is 446. The number of piperazine rings is 1. The summed E-state index contributed by atoms with van der Waals surface area (Å²) in [5, 5.41) is 6.16. The maximum atomic E-state index is 12.0. The van der Waals surface area contributed by atoms with Crippen LogP contribution >= 0.6 is 15.9 Å². The van der Waals surface area contributed by atoms with Crippen LogP contribution in [0.5, 0.6) is 0 Å². The van der Waals surface area contributed by atoms with E-state index in [0.717, 1.165) is 24.1 Å². The lowest BCUT2D eigenvalue weighted by molar-refractivity contribution is -0.119. The number of hydrogen-bond donors (Lipinski definition) is 2. The zero-order chi connectivity index (χ0) is 13.9. The number of anilines is 1. The molecule has 2 rings (SSSR count). The Morgan fingerprint density at radius 1 is 1.58 bits per heavy atom. The van der Waals surface area contributed by atoms with Crippen molar-refractivity contribution < 1.29 is 4.79 Å². The fourth-order valence-corrected chi connectivity index (χ4v) is 2.36. The summed E-state index contributed by atoms with van der Waals surface area (Å²) < 4.78 is 0.897. The van der Waals surface area contributed by atoms with Crippen LogP contribution in [0.4, 0.5) is 5.82 Å². The third-order valence-electron chi connectivity index (χ3n) is 3.30. The second-order valence-electron chi connectivity index (χ2n) is 5.32. The number of carbonyl (C=O) groups excluding carboxylic acids is 1. The molecule has 2 N–H and O–H groups in total. The molecule has 5 nitrogen and oxygen atoms in total. The van der Waals surface area contributed by atoms with Crippen LogP contribution in [0.25, 0.3) is 0 Å². The van der Waals surface area contributed by atoms with E-state index in [1.807, 2.05) is 6.07 Å². The lowest BCUT2D eigenvalue weighted by Gasteiger charge is -2.42. The van der Waals surface area contributed by atoms with Crippen LogP contribution in [0.1, 0.15) is 13.8 Å². The summed E-state index contributed by atoms with van der Waals surface area (Å²) in [7, 11) is 0. The Balaban J connectivity index is 1.92. The normalized spacial score (nSPS) is 19.1. The fourth-order valence-electron chi connectivity index (χ4n) is 2.12. The summed E-state index contributed by atoms with van der Waals surface area (Å²) in [6, 6.07) is 3.64. The van der Waals surface area contributed by atoms with Gasteiger partial charge in [0.15, 0.2) is 0 Å². The molecule has 2 heterocycles. The average Bonchev–Trinajstić information content (AvgIpc) is 2.35. The Morgan fingerprint density at radius 3 is 3.00 bits per heavy atom. The van der Waals surface area contributed by atoms with E-state index < -0.39 is 0 Å². The maximum Gasteiger partial charge on any atom is 0.239 e. The van der Waals surface area contributed by atoms with E-state index >= 15 is 0 Å². The SMILES string of the molecule is CC1(C)CNCCN1CC(=O)Nc1ccc(Br)cn1. The first-order valence-electron chi connectivity index (χ1n) is 6.34. The molecule has 0 aliphatic carbocycles. The van der Waals surface area contributed by atoms with E-state index in [4.69, 9.17) is 0 Å². The molecule has 104 valence electrons. The van der Waals surface area contributed by atoms with Crippen molar-refractivity contribution in [3.05, 3.63) is 22.8 Å². The molecule has 1 fully saturated rings. The van der Waals surface area contributed by atoms with Crippen molar-refractivity contribution >= 4 is 27.7 Å². The molecule has 0 aromatic carbocycles. The molecule has 0 spiro atoms. The molecule has 1 saturated heterocycles. The van der Waals surface area contributed by atoms with Crippen LogP contribution in [0.15, 0.2) is 22.8 Å². The first-order valence-corrected chi connectivity index (χ1v) is 7.14. The fraction of sp³-hybridized carbons (Fsp3) is 0.538. The molecular formula is C13H19BrN4O. The van der Waals surface area contributed by atoms with Gasteiger partial charge in [-0.15, -0.1) is 0 Å². The first kappa shape index (κ1) is 14.4. The molecule has 1 amide bonds. The molecule has 0 radical (unpaired) electrons. The number of hydrogen-bond acceptors (Lipinski definition) is 4. The lowest BCUT2D eigenvalue weighted by atomic mass is 10.0. The zero-order valence-corrected chi connectivity index (χ0v) is 12.8. The molecule has 0 saturated carbocycles. The molecule has 6 heteroatoms. The second-order valence-corrected chi connectivity index (χ2v) is 6.24. The summed E-state index contributed by atoms with van der Waals surface area (Å²) in [5.41, 5.74) is 0.00271. The minimum absolute atomic E-state index is 0.00271. The van der Waals surface area contributed by atoms with Crippen molar-refractivity contribution in [2.75, 3.05) is 31.5 Å². The molecule has 0 atom stereocenters. The Morgan fingerprint density at radius 2 is 2.37 bits per heavy atom. The highest BCUT2D eigenvalue weighted by Crippen LogP contribution is 2.16. The van der Waals surface area contributed by atoms with Gasteiger partial charge >= 0.3 is 0 Å². The summed E-state index contributed by atoms with van der Waals surface area (Å²) in [5.74, 6) is 0.561. The van der Waals surface area contributed by atoms with Crippen LogP contribution in [0, 0.1) is 0 Å². The predicted molar refractivity (Wildman–Crippen MR) is 79.1 cm³/mol. The van der Waals surface area contributed by atoms with Gasteiger partial charge in [0, 0.05) is 35.8 Å². The first-order chi connectivity index (χ1) is 8.97. The number of nitrogens with one attached hydrogen (secondary N) is 2. The molecular weight excluding hydrogens is 308 g/mol. The monoisotopic (exact) mass is 326 g/mol. The van der Waals surface area contributed by atoms with Gasteiger partial charge in [0.1, 0.15) is 5.82 Å². The molecule has 1 aliphatic heterocycles. The van der Waals surface area contributed by atoms with Gasteiger partial charge in [-0.05, 0) is 41.9 Å². The van der Waals surface area contributed by atoms with E-state index in [1.165, 1.54) is 0 Å². The summed E-state index contributed by atoms with van der Waals surface area (Å²) in [6.45, 7) is 7.39. The van der Waals surface area contributed by atoms with E-state index in [1.54, 1.807) is 12.3 Å². The average molecular weight is 327 g/mol. The van der Waals surface area contributed by atoms with Gasteiger partial charge in [-0.3, -0.25) is 9.69 Å². The van der Waals surface area contributed by atoms with Crippen molar-refractivity contribution in [2.24, 2.45) is 0 Å². The molecule has 1 aromatic heterocycles. The Labute approximate surface area is 121 Å². The topological polar surface area (TPSA) is 57.3 Å². The van der Waals surface area contributed by atoms with Crippen molar-refractivity contribution in [3.63, 3.8) is 0 Å². The molecule has 0 bridgehead atoms. The molecule has 19 heavy (non-hydrogen) atoms. The number of carbonyl (C=O) groups is 1. The summed E-state index contributed by atoms with van der Waals surface area (Å²) in [4.78, 5) is 18.4. The van der Waals surface area contributed by atoms with Crippen LogP contribution < -0.4 is 10.6 Å². The smallest absolute Gasteiger partial charge is 0.239 e. The van der Waals surface area contributed by atoms with Crippen LogP contribution in [-0.2, 0) is 4.79 Å². The number of aromatic nitrogens is 1.